The van der Waals surface area contributed by atoms with Crippen LogP contribution in [0.25, 0.3) is 0 Å². The number of para-hydroxylation sites is 1. The summed E-state index contributed by atoms with van der Waals surface area (Å²) in [5.41, 5.74) is 1.03. The summed E-state index contributed by atoms with van der Waals surface area (Å²) in [5.74, 6) is -0.0320. The summed E-state index contributed by atoms with van der Waals surface area (Å²) in [7, 11) is 0. The van der Waals surface area contributed by atoms with Gasteiger partial charge in [-0.15, -0.1) is 0 Å². The first-order valence-electron chi connectivity index (χ1n) is 5.77. The molecule has 0 fully saturated rings. The second kappa shape index (κ2) is 4.84. The molecule has 17 heavy (non-hydrogen) atoms. The molecule has 1 unspecified atom stereocenters. The predicted molar refractivity (Wildman–Crippen MR) is 66.4 cm³/mol. The van der Waals surface area contributed by atoms with Crippen molar-refractivity contribution in [2.24, 2.45) is 0 Å². The topological polar surface area (TPSA) is 38.7 Å². The van der Waals surface area contributed by atoms with E-state index < -0.39 is 5.79 Å². The number of halogens is 1. The number of hydrogen-bond donors (Lipinski definition) is 1. The Morgan fingerprint density at radius 1 is 1.47 bits per heavy atom. The number of aliphatic hydroxyl groups excluding tert-OH is 1. The second-order valence-electron chi connectivity index (χ2n) is 4.69. The van der Waals surface area contributed by atoms with Crippen LogP contribution in [-0.2, 0) is 11.2 Å². The highest BCUT2D eigenvalue weighted by atomic mass is 35.5. The molecule has 0 saturated carbocycles. The molecular weight excluding hydrogens is 240 g/mol. The lowest BCUT2D eigenvalue weighted by atomic mass is 10.1. The summed E-state index contributed by atoms with van der Waals surface area (Å²) in [4.78, 5) is 0. The van der Waals surface area contributed by atoms with Crippen molar-refractivity contribution >= 4 is 11.6 Å². The molecule has 2 rings (SSSR count). The van der Waals surface area contributed by atoms with Gasteiger partial charge in [0.15, 0.2) is 0 Å². The van der Waals surface area contributed by atoms with E-state index in [1.54, 1.807) is 0 Å². The van der Waals surface area contributed by atoms with Gasteiger partial charge >= 0.3 is 0 Å². The molecule has 0 spiro atoms. The van der Waals surface area contributed by atoms with E-state index in [9.17, 15) is 0 Å². The molecule has 0 bridgehead atoms. The molecule has 1 heterocycles. The molecule has 1 aromatic carbocycles. The minimum atomic E-state index is -0.726. The number of fused-ring (bicyclic) bond motifs is 1. The average molecular weight is 257 g/mol. The Morgan fingerprint density at radius 3 is 2.94 bits per heavy atom. The number of rotatable bonds is 2. The van der Waals surface area contributed by atoms with Gasteiger partial charge in [0.05, 0.1) is 11.1 Å². The molecule has 1 aromatic rings. The maximum atomic E-state index is 9.04. The number of benzene rings is 1. The van der Waals surface area contributed by atoms with Crippen LogP contribution in [0.3, 0.4) is 0 Å². The molecule has 94 valence electrons. The number of hydrogen-bond acceptors (Lipinski definition) is 3. The smallest absolute Gasteiger partial charge is 0.205 e. The third-order valence-corrected chi connectivity index (χ3v) is 3.04. The van der Waals surface area contributed by atoms with Crippen molar-refractivity contribution in [2.75, 3.05) is 6.61 Å². The third kappa shape index (κ3) is 2.92. The molecule has 0 saturated heterocycles. The Kier molecular flexibility index (Phi) is 3.61. The van der Waals surface area contributed by atoms with Crippen LogP contribution in [0.2, 0.25) is 5.02 Å². The Bertz CT molecular complexity index is 404. The second-order valence-corrected chi connectivity index (χ2v) is 5.09. The zero-order valence-electron chi connectivity index (χ0n) is 10.1. The molecule has 4 heteroatoms. The van der Waals surface area contributed by atoms with E-state index in [0.717, 1.165) is 5.56 Å². The summed E-state index contributed by atoms with van der Waals surface area (Å²) >= 11 is 6.14. The van der Waals surface area contributed by atoms with Crippen LogP contribution in [0.4, 0.5) is 0 Å². The van der Waals surface area contributed by atoms with Gasteiger partial charge in [-0.25, -0.2) is 0 Å². The standard InChI is InChI=1S/C13H17ClO3/c1-13(2)16-10(6-7-15)8-9-4-3-5-11(14)12(9)17-13/h3-5,10,15H,6-8H2,1-2H3. The van der Waals surface area contributed by atoms with Crippen LogP contribution in [0, 0.1) is 0 Å². The lowest BCUT2D eigenvalue weighted by molar-refractivity contribution is -0.183. The van der Waals surface area contributed by atoms with E-state index in [-0.39, 0.29) is 12.7 Å². The minimum absolute atomic E-state index is 0.0466. The maximum Gasteiger partial charge on any atom is 0.205 e. The zero-order chi connectivity index (χ0) is 12.5. The van der Waals surface area contributed by atoms with Crippen LogP contribution in [0.15, 0.2) is 18.2 Å². The molecular formula is C13H17ClO3. The highest BCUT2D eigenvalue weighted by Gasteiger charge is 2.31. The van der Waals surface area contributed by atoms with Crippen LogP contribution < -0.4 is 4.74 Å². The summed E-state index contributed by atoms with van der Waals surface area (Å²) in [5, 5.41) is 9.64. The minimum Gasteiger partial charge on any atom is -0.461 e. The van der Waals surface area contributed by atoms with E-state index >= 15 is 0 Å². The fourth-order valence-electron chi connectivity index (χ4n) is 2.09. The van der Waals surface area contributed by atoms with Crippen molar-refractivity contribution in [3.63, 3.8) is 0 Å². The molecule has 1 atom stereocenters. The first-order valence-corrected chi connectivity index (χ1v) is 6.15. The van der Waals surface area contributed by atoms with Crippen molar-refractivity contribution in [3.05, 3.63) is 28.8 Å². The molecule has 0 radical (unpaired) electrons. The van der Waals surface area contributed by atoms with Crippen molar-refractivity contribution < 1.29 is 14.6 Å². The van der Waals surface area contributed by atoms with Gasteiger partial charge in [-0.3, -0.25) is 0 Å². The van der Waals surface area contributed by atoms with E-state index in [1.165, 1.54) is 0 Å². The highest BCUT2D eigenvalue weighted by Crippen LogP contribution is 2.36. The molecule has 0 aromatic heterocycles. The molecule has 1 N–H and O–H groups in total. The van der Waals surface area contributed by atoms with E-state index in [1.807, 2.05) is 32.0 Å². The quantitative estimate of drug-likeness (QED) is 0.884. The van der Waals surface area contributed by atoms with Crippen molar-refractivity contribution in [3.8, 4) is 5.75 Å². The Labute approximate surface area is 106 Å². The summed E-state index contributed by atoms with van der Waals surface area (Å²) in [6, 6.07) is 5.69. The van der Waals surface area contributed by atoms with E-state index in [4.69, 9.17) is 26.2 Å². The molecule has 3 nitrogen and oxygen atoms in total. The van der Waals surface area contributed by atoms with Crippen LogP contribution in [0.1, 0.15) is 25.8 Å². The van der Waals surface area contributed by atoms with Gasteiger partial charge in [-0.2, -0.15) is 0 Å². The van der Waals surface area contributed by atoms with Crippen LogP contribution >= 0.6 is 11.6 Å². The van der Waals surface area contributed by atoms with Crippen LogP contribution in [0.5, 0.6) is 5.75 Å². The Balaban J connectivity index is 2.35. The monoisotopic (exact) mass is 256 g/mol. The largest absolute Gasteiger partial charge is 0.461 e. The zero-order valence-corrected chi connectivity index (χ0v) is 10.8. The lowest BCUT2D eigenvalue weighted by Gasteiger charge is -2.28. The fourth-order valence-corrected chi connectivity index (χ4v) is 2.32. The third-order valence-electron chi connectivity index (χ3n) is 2.75. The number of ether oxygens (including phenoxy) is 2. The SMILES string of the molecule is CC1(C)Oc2c(Cl)cccc2CC(CCO)O1. The normalized spacial score (nSPS) is 22.5. The van der Waals surface area contributed by atoms with Crippen molar-refractivity contribution in [2.45, 2.75) is 38.6 Å². The van der Waals surface area contributed by atoms with E-state index in [2.05, 4.69) is 0 Å². The lowest BCUT2D eigenvalue weighted by Crippen LogP contribution is -2.35. The molecule has 1 aliphatic rings. The molecule has 0 amide bonds. The van der Waals surface area contributed by atoms with Gasteiger partial charge in [0.1, 0.15) is 5.75 Å². The summed E-state index contributed by atoms with van der Waals surface area (Å²) in [6.45, 7) is 3.82. The highest BCUT2D eigenvalue weighted by molar-refractivity contribution is 6.32. The van der Waals surface area contributed by atoms with Crippen molar-refractivity contribution in [1.29, 1.82) is 0 Å². The maximum absolute atomic E-state index is 9.04. The predicted octanol–water partition coefficient (Wildman–Crippen LogP) is 2.78. The molecule has 1 aliphatic heterocycles. The van der Waals surface area contributed by atoms with Gasteiger partial charge in [-0.05, 0) is 18.1 Å². The Hall–Kier alpha value is -0.770. The average Bonchev–Trinajstić information content (AvgIpc) is 2.35. The summed E-state index contributed by atoms with van der Waals surface area (Å²) < 4.78 is 11.7. The molecule has 0 aliphatic carbocycles. The van der Waals surface area contributed by atoms with Crippen LogP contribution in [-0.4, -0.2) is 23.6 Å². The van der Waals surface area contributed by atoms with E-state index in [0.29, 0.717) is 23.6 Å². The van der Waals surface area contributed by atoms with Gasteiger partial charge in [0.25, 0.3) is 0 Å². The summed E-state index contributed by atoms with van der Waals surface area (Å²) in [6.07, 6.45) is 1.26. The first-order chi connectivity index (χ1) is 8.02. The van der Waals surface area contributed by atoms with Gasteiger partial charge < -0.3 is 14.6 Å². The first kappa shape index (κ1) is 12.7. The van der Waals surface area contributed by atoms with Gasteiger partial charge in [0, 0.05) is 26.9 Å². The van der Waals surface area contributed by atoms with Crippen molar-refractivity contribution in [1.82, 2.24) is 0 Å². The number of aliphatic hydroxyl groups is 1. The van der Waals surface area contributed by atoms with Gasteiger partial charge in [0.2, 0.25) is 5.79 Å². The Morgan fingerprint density at radius 2 is 2.24 bits per heavy atom. The fraction of sp³-hybridized carbons (Fsp3) is 0.538. The van der Waals surface area contributed by atoms with Gasteiger partial charge in [-0.1, -0.05) is 23.7 Å².